The molecule has 0 rings (SSSR count). The molecule has 0 aliphatic carbocycles. The maximum Gasteiger partial charge on any atom is 0.106 e. The van der Waals surface area contributed by atoms with Crippen LogP contribution in [0.5, 0.6) is 0 Å². The highest BCUT2D eigenvalue weighted by Gasteiger charge is 1.96. The Morgan fingerprint density at radius 2 is 2.08 bits per heavy atom. The van der Waals surface area contributed by atoms with Crippen LogP contribution in [0.15, 0.2) is 0 Å². The molecule has 1 N–H and O–H groups in total. The van der Waals surface area contributed by atoms with Crippen molar-refractivity contribution in [3.63, 3.8) is 0 Å². The van der Waals surface area contributed by atoms with Crippen LogP contribution in [-0.2, 0) is 9.84 Å². The quantitative estimate of drug-likeness (QED) is 0.519. The lowest BCUT2D eigenvalue weighted by molar-refractivity contribution is 0.0538. The zero-order valence-corrected chi connectivity index (χ0v) is 7.66. The second kappa shape index (κ2) is 8.93. The highest BCUT2D eigenvalue weighted by atomic mass is 16.5. The normalized spacial score (nSPS) is 11.0. The van der Waals surface area contributed by atoms with Crippen LogP contribution in [0.3, 0.4) is 0 Å². The molecule has 0 aromatic heterocycles. The first-order chi connectivity index (χ1) is 5.81. The van der Waals surface area contributed by atoms with E-state index in [9.17, 15) is 5.11 Å². The summed E-state index contributed by atoms with van der Waals surface area (Å²) in [6.45, 7) is 2.65. The average Bonchev–Trinajstić information content (AvgIpc) is 2.09. The van der Waals surface area contributed by atoms with Crippen molar-refractivity contribution in [3.05, 3.63) is 0 Å². The molecule has 0 heterocycles. The third kappa shape index (κ3) is 7.94. The summed E-state index contributed by atoms with van der Waals surface area (Å²) in [6, 6.07) is 0. The number of ether oxygens (including phenoxy) is 1. The van der Waals surface area contributed by atoms with Gasteiger partial charge in [-0.25, -0.2) is 5.11 Å². The highest BCUT2D eigenvalue weighted by molar-refractivity contribution is 4.49. The van der Waals surface area contributed by atoms with E-state index in [0.717, 1.165) is 19.5 Å². The third-order valence-corrected chi connectivity index (χ3v) is 1.54. The van der Waals surface area contributed by atoms with Crippen LogP contribution in [0.25, 0.3) is 0 Å². The van der Waals surface area contributed by atoms with Crippen molar-refractivity contribution in [2.45, 2.75) is 6.42 Å². The Bertz CT molecular complexity index is 90.4. The van der Waals surface area contributed by atoms with Gasteiger partial charge in [-0.3, -0.25) is 0 Å². The Morgan fingerprint density at radius 3 is 2.67 bits per heavy atom. The molecule has 0 amide bonds. The summed E-state index contributed by atoms with van der Waals surface area (Å²) < 4.78 is 5.02. The van der Waals surface area contributed by atoms with Crippen molar-refractivity contribution < 1.29 is 14.9 Å². The number of aliphatic hydroxyl groups excluding tert-OH is 1. The fourth-order valence-corrected chi connectivity index (χ4v) is 0.834. The van der Waals surface area contributed by atoms with E-state index in [-0.39, 0.29) is 13.2 Å². The predicted molar refractivity (Wildman–Crippen MR) is 45.6 cm³/mol. The topological polar surface area (TPSA) is 52.6 Å². The van der Waals surface area contributed by atoms with Gasteiger partial charge in [-0.05, 0) is 13.5 Å². The lowest BCUT2D eigenvalue weighted by Crippen LogP contribution is -2.25. The lowest BCUT2D eigenvalue weighted by Gasteiger charge is -2.15. The van der Waals surface area contributed by atoms with E-state index in [4.69, 9.17) is 9.84 Å². The molecule has 0 aliphatic rings. The maximum atomic E-state index is 9.97. The molecule has 0 atom stereocenters. The average molecular weight is 176 g/mol. The van der Waals surface area contributed by atoms with Gasteiger partial charge < -0.3 is 14.7 Å². The van der Waals surface area contributed by atoms with Crippen molar-refractivity contribution in [3.8, 4) is 0 Å². The van der Waals surface area contributed by atoms with E-state index >= 15 is 0 Å². The minimum Gasteiger partial charge on any atom is -0.396 e. The van der Waals surface area contributed by atoms with Crippen LogP contribution in [0, 0.1) is 0 Å². The van der Waals surface area contributed by atoms with E-state index in [1.54, 1.807) is 0 Å². The lowest BCUT2D eigenvalue weighted by atomic mass is 10.4. The van der Waals surface area contributed by atoms with Crippen molar-refractivity contribution in [2.75, 3.05) is 46.6 Å². The molecule has 12 heavy (non-hydrogen) atoms. The fraction of sp³-hybridized carbons (Fsp3) is 1.00. The molecule has 0 saturated heterocycles. The van der Waals surface area contributed by atoms with E-state index < -0.39 is 0 Å². The molecule has 0 unspecified atom stereocenters. The van der Waals surface area contributed by atoms with Gasteiger partial charge in [0, 0.05) is 19.7 Å². The molecule has 0 saturated carbocycles. The summed E-state index contributed by atoms with van der Waals surface area (Å²) in [5, 5.41) is 18.5. The van der Waals surface area contributed by atoms with Crippen LogP contribution in [0.4, 0.5) is 0 Å². The van der Waals surface area contributed by atoms with Crippen LogP contribution in [-0.4, -0.2) is 56.6 Å². The summed E-state index contributed by atoms with van der Waals surface area (Å²) >= 11 is 0. The van der Waals surface area contributed by atoms with Crippen LogP contribution in [0.1, 0.15) is 6.42 Å². The summed E-state index contributed by atoms with van der Waals surface area (Å²) in [6.07, 6.45) is 0.790. The fourth-order valence-electron chi connectivity index (χ4n) is 0.834. The molecule has 1 radical (unpaired) electrons. The standard InChI is InChI=1S/C8H18NO3/c1-9(3-2-5-10)4-7-12-8-6-11/h10H,2-8H2,1H3. The Morgan fingerprint density at radius 1 is 1.33 bits per heavy atom. The summed E-state index contributed by atoms with van der Waals surface area (Å²) in [7, 11) is 1.97. The number of rotatable bonds is 8. The van der Waals surface area contributed by atoms with E-state index in [0.29, 0.717) is 13.2 Å². The monoisotopic (exact) mass is 176 g/mol. The number of aliphatic hydroxyl groups is 1. The molecule has 4 heteroatoms. The molecule has 4 nitrogen and oxygen atoms in total. The van der Waals surface area contributed by atoms with Crippen LogP contribution in [0.2, 0.25) is 0 Å². The van der Waals surface area contributed by atoms with E-state index in [1.165, 1.54) is 0 Å². The molecular weight excluding hydrogens is 158 g/mol. The molecule has 0 aromatic rings. The second-order valence-electron chi connectivity index (χ2n) is 2.70. The van der Waals surface area contributed by atoms with Gasteiger partial charge in [0.2, 0.25) is 0 Å². The van der Waals surface area contributed by atoms with Gasteiger partial charge in [0.15, 0.2) is 0 Å². The van der Waals surface area contributed by atoms with Crippen molar-refractivity contribution in [1.29, 1.82) is 0 Å². The van der Waals surface area contributed by atoms with E-state index in [1.807, 2.05) is 7.05 Å². The Kier molecular flexibility index (Phi) is 8.81. The Hall–Kier alpha value is -0.160. The zero-order valence-electron chi connectivity index (χ0n) is 7.66. The second-order valence-corrected chi connectivity index (χ2v) is 2.70. The van der Waals surface area contributed by atoms with Gasteiger partial charge >= 0.3 is 0 Å². The minimum atomic E-state index is -0.166. The van der Waals surface area contributed by atoms with E-state index in [2.05, 4.69) is 4.90 Å². The number of nitrogens with zero attached hydrogens (tertiary/aromatic N) is 1. The van der Waals surface area contributed by atoms with Gasteiger partial charge in [-0.1, -0.05) is 0 Å². The van der Waals surface area contributed by atoms with Gasteiger partial charge in [0.05, 0.1) is 13.2 Å². The Labute approximate surface area is 73.8 Å². The highest BCUT2D eigenvalue weighted by Crippen LogP contribution is 1.86. The molecule has 0 fully saturated rings. The summed E-state index contributed by atoms with van der Waals surface area (Å²) in [5.74, 6) is 0. The molecule has 73 valence electrons. The van der Waals surface area contributed by atoms with Crippen molar-refractivity contribution in [2.24, 2.45) is 0 Å². The first-order valence-electron chi connectivity index (χ1n) is 4.26. The SMILES string of the molecule is CN(CCCO)CCOCC[O]. The van der Waals surface area contributed by atoms with Gasteiger partial charge in [0.1, 0.15) is 6.61 Å². The maximum absolute atomic E-state index is 9.97. The first kappa shape index (κ1) is 11.8. The van der Waals surface area contributed by atoms with Crippen LogP contribution >= 0.6 is 0 Å². The van der Waals surface area contributed by atoms with Gasteiger partial charge in [-0.2, -0.15) is 0 Å². The first-order valence-corrected chi connectivity index (χ1v) is 4.26. The van der Waals surface area contributed by atoms with Crippen molar-refractivity contribution >= 4 is 0 Å². The summed E-state index contributed by atoms with van der Waals surface area (Å²) in [4.78, 5) is 2.07. The molecule has 0 bridgehead atoms. The predicted octanol–water partition coefficient (Wildman–Crippen LogP) is -0.252. The molecule has 0 aliphatic heterocycles. The molecule has 0 spiro atoms. The number of hydrogen-bond acceptors (Lipinski definition) is 3. The smallest absolute Gasteiger partial charge is 0.106 e. The molecular formula is C8H18NO3. The van der Waals surface area contributed by atoms with Crippen molar-refractivity contribution in [1.82, 2.24) is 4.90 Å². The van der Waals surface area contributed by atoms with Crippen LogP contribution < -0.4 is 0 Å². The minimum absolute atomic E-state index is 0.166. The Balaban J connectivity index is 3.02. The van der Waals surface area contributed by atoms with Gasteiger partial charge in [-0.15, -0.1) is 0 Å². The zero-order chi connectivity index (χ0) is 9.23. The van der Waals surface area contributed by atoms with Gasteiger partial charge in [0.25, 0.3) is 0 Å². The number of hydrogen-bond donors (Lipinski definition) is 1. The summed E-state index contributed by atoms with van der Waals surface area (Å²) in [5.41, 5.74) is 0. The third-order valence-electron chi connectivity index (χ3n) is 1.54. The molecule has 0 aromatic carbocycles. The number of likely N-dealkylation sites (N-methyl/N-ethyl adjacent to an activating group) is 1. The largest absolute Gasteiger partial charge is 0.396 e.